The second-order valence-corrected chi connectivity index (χ2v) is 33.9. The molecule has 7 heterocycles. The molecule has 0 saturated carbocycles. The Labute approximate surface area is 582 Å². The van der Waals surface area contributed by atoms with Crippen LogP contribution in [0, 0.1) is 46.2 Å². The lowest BCUT2D eigenvalue weighted by Gasteiger charge is -2.32. The maximum absolute atomic E-state index is 13.1. The first kappa shape index (κ1) is 74.7. The van der Waals surface area contributed by atoms with Crippen molar-refractivity contribution in [2.75, 3.05) is 17.2 Å². The Morgan fingerprint density at radius 3 is 1.46 bits per heavy atom. The molecule has 10 N–H and O–H groups in total. The number of aromatic nitrogens is 7. The van der Waals surface area contributed by atoms with Crippen LogP contribution in [0.4, 0.5) is 22.1 Å². The number of halogens is 1. The van der Waals surface area contributed by atoms with Crippen molar-refractivity contribution >= 4 is 67.7 Å². The SMILES string of the molecule is CC(C)(C)C1=CC2C(C=C1)N=C(N)C2(C)C.CC(C)(C)C1=CC2N=C(N)C(C)(C)C2C=C1.CC(C)(C)c1ccc2cc(-c3ccc(F)cc3)c(N)nc2c1.CC(C)(C)c1ccc2cnc(N)nc2c1.CC(C)(C)c1ccc2nc(N)ncc2c1.Cc1cnc2ccc(C(C)(C)C)cn12. The standard InChI is InChI=1S/C19H19FN2.2C14H22N2.2C12H15N3.C12H16N2/c1-19(2,3)14-7-4-13-10-16(18(21)22-17(13)11-14)12-5-8-15(20)9-6-12;1-13(2,3)9-6-7-11-10(8-9)14(4,5)12(15)16-11;1-13(2,3)9-6-7-10-11(8-9)16-12(15)14(10,4)5;1-12(2,3)9-4-5-10-8(6-9)7-14-11(13)15-10;1-12(2,3)9-5-4-8-7-14-11(13)15-10(8)6-9;1-9-7-13-11-6-5-10(8-14(9)11)12(2,3)4/h4-11H,1-3H3,(H2,21,22);2*6-8,10-11H,1-5H3,(H2,15,16);2*4-7H,1-3H3,(H2,13,14,15);5-8H,1-4H3. The number of hydrogen-bond acceptors (Lipinski definition) is 13. The quantitative estimate of drug-likeness (QED) is 0.104. The number of nitrogens with zero attached hydrogens (tertiary/aromatic N) is 9. The van der Waals surface area contributed by atoms with Crippen molar-refractivity contribution in [2.24, 2.45) is 54.9 Å². The van der Waals surface area contributed by atoms with E-state index in [0.29, 0.717) is 29.6 Å². The van der Waals surface area contributed by atoms with Gasteiger partial charge in [-0.2, -0.15) is 0 Å². The Balaban J connectivity index is 0.000000151. The molecule has 0 radical (unpaired) electrons. The number of nitrogens with two attached hydrogens (primary N) is 5. The monoisotopic (exact) mass is 1320 g/mol. The second-order valence-electron chi connectivity index (χ2n) is 33.9. The van der Waals surface area contributed by atoms with Crippen molar-refractivity contribution in [2.45, 2.75) is 193 Å². The maximum Gasteiger partial charge on any atom is 0.220 e. The van der Waals surface area contributed by atoms with E-state index in [-0.39, 0.29) is 61.2 Å². The Kier molecular flexibility index (Phi) is 21.4. The molecule has 0 bridgehead atoms. The lowest BCUT2D eigenvalue weighted by Crippen LogP contribution is -2.35. The summed E-state index contributed by atoms with van der Waals surface area (Å²) < 4.78 is 15.2. The third-order valence-corrected chi connectivity index (χ3v) is 19.1. The zero-order valence-corrected chi connectivity index (χ0v) is 62.6. The Morgan fingerprint density at radius 1 is 0.429 bits per heavy atom. The number of aliphatic imine (C=N–C) groups is 2. The number of benzene rings is 4. The van der Waals surface area contributed by atoms with Crippen molar-refractivity contribution in [1.82, 2.24) is 34.3 Å². The van der Waals surface area contributed by atoms with Gasteiger partial charge in [0.25, 0.3) is 0 Å². The van der Waals surface area contributed by atoms with Crippen LogP contribution in [0.2, 0.25) is 0 Å². The molecule has 15 heteroatoms. The number of pyridine rings is 2. The van der Waals surface area contributed by atoms with Crippen LogP contribution in [-0.2, 0) is 21.7 Å². The fraction of sp³-hybridized carbons (Fsp3) is 0.422. The molecule has 0 fully saturated rings. The van der Waals surface area contributed by atoms with Gasteiger partial charge in [-0.1, -0.05) is 237 Å². The molecule has 13 rings (SSSR count). The Bertz CT molecular complexity index is 4550. The van der Waals surface area contributed by atoms with Crippen molar-refractivity contribution in [1.29, 1.82) is 0 Å². The molecule has 4 aromatic carbocycles. The molecule has 9 aromatic rings. The molecule has 0 amide bonds. The number of imidazole rings is 1. The fourth-order valence-electron chi connectivity index (χ4n) is 11.9. The molecule has 0 saturated heterocycles. The van der Waals surface area contributed by atoms with Crippen LogP contribution in [-0.4, -0.2) is 58.1 Å². The topological polar surface area (TPSA) is 237 Å². The number of fused-ring (bicyclic) bond motifs is 6. The van der Waals surface area contributed by atoms with Crippen LogP contribution in [0.25, 0.3) is 49.5 Å². The summed E-state index contributed by atoms with van der Waals surface area (Å²) in [4.78, 5) is 34.3. The summed E-state index contributed by atoms with van der Waals surface area (Å²) in [5.74, 6) is 3.29. The van der Waals surface area contributed by atoms with Crippen LogP contribution >= 0.6 is 0 Å². The molecule has 4 aliphatic rings. The summed E-state index contributed by atoms with van der Waals surface area (Å²) >= 11 is 0. The molecule has 4 unspecified atom stereocenters. The summed E-state index contributed by atoms with van der Waals surface area (Å²) in [6, 6.07) is 31.7. The van der Waals surface area contributed by atoms with Gasteiger partial charge >= 0.3 is 0 Å². The summed E-state index contributed by atoms with van der Waals surface area (Å²) in [5.41, 5.74) is 44.6. The normalized spacial score (nSPS) is 18.5. The number of nitrogen functional groups attached to an aromatic ring is 3. The third kappa shape index (κ3) is 17.8. The summed E-state index contributed by atoms with van der Waals surface area (Å²) in [6.45, 7) is 50.5. The number of allylic oxidation sites excluding steroid dienone is 4. The van der Waals surface area contributed by atoms with Crippen LogP contribution in [0.3, 0.4) is 0 Å². The smallest absolute Gasteiger partial charge is 0.220 e. The van der Waals surface area contributed by atoms with Gasteiger partial charge in [0.2, 0.25) is 11.9 Å². The van der Waals surface area contributed by atoms with E-state index in [1.807, 2.05) is 24.4 Å². The summed E-state index contributed by atoms with van der Waals surface area (Å²) in [5, 5.41) is 3.09. The molecule has 14 nitrogen and oxygen atoms in total. The van der Waals surface area contributed by atoms with E-state index in [4.69, 9.17) is 28.7 Å². The molecule has 2 aliphatic carbocycles. The van der Waals surface area contributed by atoms with Gasteiger partial charge in [0.15, 0.2) is 0 Å². The predicted molar refractivity (Wildman–Crippen MR) is 413 cm³/mol. The van der Waals surface area contributed by atoms with Crippen molar-refractivity contribution < 1.29 is 4.39 Å². The van der Waals surface area contributed by atoms with Crippen LogP contribution in [0.1, 0.15) is 180 Å². The first-order valence-electron chi connectivity index (χ1n) is 34.2. The Morgan fingerprint density at radius 2 is 0.898 bits per heavy atom. The van der Waals surface area contributed by atoms with Crippen LogP contribution in [0.15, 0.2) is 179 Å². The van der Waals surface area contributed by atoms with Crippen LogP contribution < -0.4 is 28.7 Å². The average Bonchev–Trinajstić information content (AvgIpc) is 1.51. The summed E-state index contributed by atoms with van der Waals surface area (Å²) in [6.07, 6.45) is 21.2. The van der Waals surface area contributed by atoms with E-state index in [1.165, 1.54) is 51.2 Å². The number of aryl methyl sites for hydroxylation is 1. The lowest BCUT2D eigenvalue weighted by molar-refractivity contribution is 0.368. The third-order valence-electron chi connectivity index (χ3n) is 19.1. The van der Waals surface area contributed by atoms with Gasteiger partial charge in [0.05, 0.1) is 28.6 Å². The first-order valence-corrected chi connectivity index (χ1v) is 34.2. The van der Waals surface area contributed by atoms with E-state index < -0.39 is 0 Å². The largest absolute Gasteiger partial charge is 0.387 e. The fourth-order valence-corrected chi connectivity index (χ4v) is 11.9. The van der Waals surface area contributed by atoms with Gasteiger partial charge in [-0.3, -0.25) is 9.98 Å². The van der Waals surface area contributed by atoms with Gasteiger partial charge in [-0.05, 0) is 127 Å². The minimum absolute atomic E-state index is 0.00107. The highest BCUT2D eigenvalue weighted by Crippen LogP contribution is 2.45. The van der Waals surface area contributed by atoms with Gasteiger partial charge in [-0.15, -0.1) is 0 Å². The van der Waals surface area contributed by atoms with E-state index in [0.717, 1.165) is 61.2 Å². The average molecular weight is 1320 g/mol. The molecule has 2 aliphatic heterocycles. The molecule has 0 spiro atoms. The van der Waals surface area contributed by atoms with Crippen molar-refractivity contribution in [3.05, 3.63) is 203 Å². The minimum Gasteiger partial charge on any atom is -0.387 e. The first-order chi connectivity index (χ1) is 45.2. The van der Waals surface area contributed by atoms with E-state index in [2.05, 4.69) is 301 Å². The number of anilines is 3. The van der Waals surface area contributed by atoms with E-state index >= 15 is 0 Å². The number of rotatable bonds is 1. The molecule has 5 aromatic heterocycles. The lowest BCUT2D eigenvalue weighted by atomic mass is 9.71. The van der Waals surface area contributed by atoms with E-state index in [1.54, 1.807) is 24.5 Å². The van der Waals surface area contributed by atoms with E-state index in [9.17, 15) is 4.39 Å². The van der Waals surface area contributed by atoms with Gasteiger partial charge in [0, 0.05) is 74.9 Å². The zero-order valence-electron chi connectivity index (χ0n) is 62.6. The van der Waals surface area contributed by atoms with Gasteiger partial charge in [-0.25, -0.2) is 34.3 Å². The molecular formula is C83H109FN14. The zero-order chi connectivity index (χ0) is 72.6. The van der Waals surface area contributed by atoms with Crippen LogP contribution in [0.5, 0.6) is 0 Å². The molecule has 4 atom stereocenters. The van der Waals surface area contributed by atoms with Crippen molar-refractivity contribution in [3.63, 3.8) is 0 Å². The summed E-state index contributed by atoms with van der Waals surface area (Å²) in [7, 11) is 0. The molecular weight excluding hydrogens is 1210 g/mol. The minimum atomic E-state index is -0.258. The molecule has 98 heavy (non-hydrogen) atoms. The number of hydrogen-bond donors (Lipinski definition) is 5. The van der Waals surface area contributed by atoms with Gasteiger partial charge in [0.1, 0.15) is 29.0 Å². The maximum atomic E-state index is 13.1. The highest BCUT2D eigenvalue weighted by atomic mass is 19.1. The second kappa shape index (κ2) is 28.0. The van der Waals surface area contributed by atoms with Crippen molar-refractivity contribution in [3.8, 4) is 11.1 Å². The van der Waals surface area contributed by atoms with Gasteiger partial charge < -0.3 is 33.1 Å². The molecule has 518 valence electrons. The Hall–Kier alpha value is -9.11. The predicted octanol–water partition coefficient (Wildman–Crippen LogP) is 18.7. The highest BCUT2D eigenvalue weighted by molar-refractivity contribution is 5.91. The highest BCUT2D eigenvalue weighted by Gasteiger charge is 2.45. The number of amidine groups is 2.